The molecule has 1 amide bonds. The van der Waals surface area contributed by atoms with E-state index in [0.717, 1.165) is 62.7 Å². The molecule has 30 heavy (non-hydrogen) atoms. The van der Waals surface area contributed by atoms with Crippen molar-refractivity contribution in [2.45, 2.75) is 19.9 Å². The smallest absolute Gasteiger partial charge is 0.268 e. The molecule has 0 aliphatic carbocycles. The number of amides is 1. The van der Waals surface area contributed by atoms with Crippen molar-refractivity contribution in [2.75, 3.05) is 39.4 Å². The lowest BCUT2D eigenvalue weighted by Gasteiger charge is -2.26. The van der Waals surface area contributed by atoms with E-state index in [4.69, 9.17) is 9.15 Å². The van der Waals surface area contributed by atoms with Gasteiger partial charge in [0.25, 0.3) is 5.91 Å². The van der Waals surface area contributed by atoms with Crippen LogP contribution in [0.5, 0.6) is 0 Å². The molecule has 0 saturated carbocycles. The zero-order chi connectivity index (χ0) is 21.1. The summed E-state index contributed by atoms with van der Waals surface area (Å²) in [6, 6.07) is 7.29. The van der Waals surface area contributed by atoms with E-state index < -0.39 is 11.6 Å². The van der Waals surface area contributed by atoms with E-state index in [1.165, 1.54) is 6.07 Å². The molecule has 0 radical (unpaired) electrons. The van der Waals surface area contributed by atoms with Crippen molar-refractivity contribution in [3.05, 3.63) is 59.0 Å². The van der Waals surface area contributed by atoms with E-state index >= 15 is 0 Å². The van der Waals surface area contributed by atoms with Crippen molar-refractivity contribution in [2.24, 2.45) is 0 Å². The Balaban J connectivity index is 1.47. The van der Waals surface area contributed by atoms with Gasteiger partial charge in [-0.2, -0.15) is 0 Å². The second-order valence-corrected chi connectivity index (χ2v) is 7.53. The molecule has 0 bridgehead atoms. The number of nitrogens with one attached hydrogen (secondary N) is 1. The Morgan fingerprint density at radius 2 is 1.93 bits per heavy atom. The molecule has 160 valence electrons. The number of fused-ring (bicyclic) bond motifs is 1. The van der Waals surface area contributed by atoms with E-state index in [0.29, 0.717) is 23.4 Å². The normalized spacial score (nSPS) is 15.0. The van der Waals surface area contributed by atoms with Crippen LogP contribution >= 0.6 is 0 Å². The standard InChI is InChI=1S/C22H25F2N3O3/c1-15-11-19-21(30-15)13-20(27(19)14-16-3-4-17(23)18(24)12-16)22(28)25-5-2-6-26-7-9-29-10-8-26/h3-4,11-13H,2,5-10,14H2,1H3,(H,25,28). The van der Waals surface area contributed by atoms with Gasteiger partial charge in [-0.1, -0.05) is 6.07 Å². The van der Waals surface area contributed by atoms with Crippen LogP contribution in [-0.2, 0) is 11.3 Å². The molecular weight excluding hydrogens is 392 g/mol. The molecule has 1 aliphatic heterocycles. The molecule has 0 spiro atoms. The second kappa shape index (κ2) is 8.97. The number of hydrogen-bond acceptors (Lipinski definition) is 4. The van der Waals surface area contributed by atoms with Gasteiger partial charge in [-0.25, -0.2) is 8.78 Å². The highest BCUT2D eigenvalue weighted by molar-refractivity contribution is 5.97. The minimum Gasteiger partial charge on any atom is -0.460 e. The number of morpholine rings is 1. The van der Waals surface area contributed by atoms with Gasteiger partial charge in [0.15, 0.2) is 17.2 Å². The van der Waals surface area contributed by atoms with Crippen LogP contribution in [0.25, 0.3) is 11.1 Å². The Labute approximate surface area is 173 Å². The fourth-order valence-corrected chi connectivity index (χ4v) is 3.76. The number of aromatic nitrogens is 1. The highest BCUT2D eigenvalue weighted by atomic mass is 19.2. The topological polar surface area (TPSA) is 59.6 Å². The average molecular weight is 417 g/mol. The molecule has 6 nitrogen and oxygen atoms in total. The Hall–Kier alpha value is -2.71. The summed E-state index contributed by atoms with van der Waals surface area (Å²) in [5.74, 6) is -1.30. The van der Waals surface area contributed by atoms with Crippen molar-refractivity contribution < 1.29 is 22.7 Å². The first-order valence-corrected chi connectivity index (χ1v) is 10.1. The summed E-state index contributed by atoms with van der Waals surface area (Å²) in [4.78, 5) is 15.2. The van der Waals surface area contributed by atoms with Crippen molar-refractivity contribution in [1.29, 1.82) is 0 Å². The third-order valence-corrected chi connectivity index (χ3v) is 5.31. The number of halogens is 2. The third kappa shape index (κ3) is 4.55. The van der Waals surface area contributed by atoms with Crippen molar-refractivity contribution in [3.63, 3.8) is 0 Å². The number of rotatable bonds is 7. The summed E-state index contributed by atoms with van der Waals surface area (Å²) in [5.41, 5.74) is 2.33. The monoisotopic (exact) mass is 417 g/mol. The lowest BCUT2D eigenvalue weighted by Crippen LogP contribution is -2.38. The Morgan fingerprint density at radius 1 is 1.13 bits per heavy atom. The largest absolute Gasteiger partial charge is 0.460 e. The predicted octanol–water partition coefficient (Wildman–Crippen LogP) is 3.32. The molecule has 3 heterocycles. The molecule has 1 aromatic carbocycles. The number of nitrogens with zero attached hydrogens (tertiary/aromatic N) is 2. The average Bonchev–Trinajstić information content (AvgIpc) is 3.25. The van der Waals surface area contributed by atoms with Gasteiger partial charge in [-0.05, 0) is 37.6 Å². The molecule has 1 fully saturated rings. The van der Waals surface area contributed by atoms with Gasteiger partial charge in [0, 0.05) is 38.3 Å². The van der Waals surface area contributed by atoms with Crippen LogP contribution in [0, 0.1) is 18.6 Å². The summed E-state index contributed by atoms with van der Waals surface area (Å²) in [7, 11) is 0. The maximum absolute atomic E-state index is 13.7. The number of hydrogen-bond donors (Lipinski definition) is 1. The van der Waals surface area contributed by atoms with Gasteiger partial charge in [0.2, 0.25) is 0 Å². The predicted molar refractivity (Wildman–Crippen MR) is 109 cm³/mol. The molecule has 2 aromatic heterocycles. The summed E-state index contributed by atoms with van der Waals surface area (Å²) in [6.07, 6.45) is 0.838. The lowest BCUT2D eigenvalue weighted by molar-refractivity contribution is 0.0374. The van der Waals surface area contributed by atoms with E-state index in [9.17, 15) is 13.6 Å². The van der Waals surface area contributed by atoms with Crippen molar-refractivity contribution >= 4 is 17.0 Å². The van der Waals surface area contributed by atoms with E-state index in [1.54, 1.807) is 10.6 Å². The maximum Gasteiger partial charge on any atom is 0.268 e. The van der Waals surface area contributed by atoms with Gasteiger partial charge in [0.05, 0.1) is 18.7 Å². The van der Waals surface area contributed by atoms with Gasteiger partial charge in [-0.15, -0.1) is 0 Å². The van der Waals surface area contributed by atoms with Gasteiger partial charge >= 0.3 is 0 Å². The van der Waals surface area contributed by atoms with Gasteiger partial charge < -0.3 is 19.0 Å². The van der Waals surface area contributed by atoms with Crippen molar-refractivity contribution in [3.8, 4) is 0 Å². The fourth-order valence-electron chi connectivity index (χ4n) is 3.76. The highest BCUT2D eigenvalue weighted by Gasteiger charge is 2.19. The molecule has 1 aliphatic rings. The number of aryl methyl sites for hydroxylation is 1. The first kappa shape index (κ1) is 20.6. The summed E-state index contributed by atoms with van der Waals surface area (Å²) in [5, 5.41) is 2.96. The number of ether oxygens (including phenoxy) is 1. The molecule has 0 unspecified atom stereocenters. The SMILES string of the molecule is Cc1cc2c(cc(C(=O)NCCCN3CCOCC3)n2Cc2ccc(F)c(F)c2)o1. The van der Waals surface area contributed by atoms with E-state index in [1.807, 2.05) is 13.0 Å². The molecule has 1 saturated heterocycles. The maximum atomic E-state index is 13.7. The van der Waals surface area contributed by atoms with Crippen LogP contribution in [0.3, 0.4) is 0 Å². The summed E-state index contributed by atoms with van der Waals surface area (Å²) in [6.45, 7) is 6.85. The van der Waals surface area contributed by atoms with E-state index in [-0.39, 0.29) is 12.5 Å². The van der Waals surface area contributed by atoms with E-state index in [2.05, 4.69) is 10.2 Å². The zero-order valence-corrected chi connectivity index (χ0v) is 16.9. The molecule has 0 atom stereocenters. The van der Waals surface area contributed by atoms with Crippen molar-refractivity contribution in [1.82, 2.24) is 14.8 Å². The van der Waals surface area contributed by atoms with Crippen LogP contribution < -0.4 is 5.32 Å². The fraction of sp³-hybridized carbons (Fsp3) is 0.409. The minimum atomic E-state index is -0.909. The molecule has 3 aromatic rings. The molecule has 4 rings (SSSR count). The number of carbonyl (C=O) groups is 1. The van der Waals surface area contributed by atoms with Gasteiger partial charge in [-0.3, -0.25) is 9.69 Å². The lowest BCUT2D eigenvalue weighted by atomic mass is 10.2. The number of furan rings is 1. The third-order valence-electron chi connectivity index (χ3n) is 5.31. The number of benzene rings is 1. The Bertz CT molecular complexity index is 1040. The Kier molecular flexibility index (Phi) is 6.15. The minimum absolute atomic E-state index is 0.219. The molecule has 8 heteroatoms. The van der Waals surface area contributed by atoms with Crippen LogP contribution in [0.1, 0.15) is 28.2 Å². The van der Waals surface area contributed by atoms with Crippen LogP contribution in [-0.4, -0.2) is 54.8 Å². The molecular formula is C22H25F2N3O3. The quantitative estimate of drug-likeness (QED) is 0.599. The van der Waals surface area contributed by atoms with Crippen LogP contribution in [0.2, 0.25) is 0 Å². The summed E-state index contributed by atoms with van der Waals surface area (Å²) >= 11 is 0. The first-order valence-electron chi connectivity index (χ1n) is 10.1. The summed E-state index contributed by atoms with van der Waals surface area (Å²) < 4.78 is 39.7. The van der Waals surface area contributed by atoms with Crippen LogP contribution in [0.15, 0.2) is 34.7 Å². The first-order chi connectivity index (χ1) is 14.5. The zero-order valence-electron chi connectivity index (χ0n) is 16.9. The molecule has 1 N–H and O–H groups in total. The van der Waals surface area contributed by atoms with Gasteiger partial charge in [0.1, 0.15) is 11.5 Å². The second-order valence-electron chi connectivity index (χ2n) is 7.53. The highest BCUT2D eigenvalue weighted by Crippen LogP contribution is 2.25. The van der Waals surface area contributed by atoms with Crippen LogP contribution in [0.4, 0.5) is 8.78 Å². The number of carbonyl (C=O) groups excluding carboxylic acids is 1. The Morgan fingerprint density at radius 3 is 2.70 bits per heavy atom.